The Labute approximate surface area is 193 Å². The van der Waals surface area contributed by atoms with Crippen molar-refractivity contribution in [2.45, 2.75) is 32.0 Å². The van der Waals surface area contributed by atoms with Gasteiger partial charge in [0, 0.05) is 37.2 Å². The molecule has 34 heavy (non-hydrogen) atoms. The number of carbonyl (C=O) groups is 1. The Balaban J connectivity index is 1.40. The minimum Gasteiger partial charge on any atom is -0.367 e. The lowest BCUT2D eigenvalue weighted by Gasteiger charge is -2.36. The van der Waals surface area contributed by atoms with E-state index in [4.69, 9.17) is 0 Å². The number of pyridine rings is 1. The number of aromatic nitrogens is 5. The summed E-state index contributed by atoms with van der Waals surface area (Å²) in [7, 11) is 0. The molecule has 3 unspecified atom stereocenters. The molecule has 11 heteroatoms. The predicted octanol–water partition coefficient (Wildman–Crippen LogP) is 3.62. The number of aryl methyl sites for hydroxylation is 1. The molecule has 1 N–H and O–H groups in total. The number of nitrogens with one attached hydrogen (secondary N) is 1. The van der Waals surface area contributed by atoms with E-state index < -0.39 is 11.9 Å². The van der Waals surface area contributed by atoms with Crippen molar-refractivity contribution >= 4 is 11.7 Å². The highest BCUT2D eigenvalue weighted by atomic mass is 19.4. The number of hydrogen-bond acceptors (Lipinski definition) is 7. The van der Waals surface area contributed by atoms with E-state index in [-0.39, 0.29) is 30.0 Å². The van der Waals surface area contributed by atoms with E-state index in [0.717, 1.165) is 12.8 Å². The van der Waals surface area contributed by atoms with Crippen LogP contribution in [0.3, 0.4) is 0 Å². The molecule has 2 fully saturated rings. The van der Waals surface area contributed by atoms with Crippen molar-refractivity contribution in [3.05, 3.63) is 60.1 Å². The van der Waals surface area contributed by atoms with Gasteiger partial charge in [0.2, 0.25) is 0 Å². The lowest BCUT2D eigenvalue weighted by Crippen LogP contribution is -2.48. The first-order valence-electron chi connectivity index (χ1n) is 11.0. The molecular formula is C23H22F3N7O. The first-order valence-corrected chi connectivity index (χ1v) is 11.0. The number of nitrogens with zero attached hydrogens (tertiary/aromatic N) is 6. The van der Waals surface area contributed by atoms with Crippen molar-refractivity contribution in [3.63, 3.8) is 0 Å². The molecule has 3 aromatic heterocycles. The van der Waals surface area contributed by atoms with Gasteiger partial charge < -0.3 is 10.2 Å². The molecule has 0 spiro atoms. The van der Waals surface area contributed by atoms with Gasteiger partial charge in [-0.25, -0.2) is 19.9 Å². The number of amides is 1. The highest BCUT2D eigenvalue weighted by Gasteiger charge is 2.47. The Morgan fingerprint density at radius 1 is 1.12 bits per heavy atom. The van der Waals surface area contributed by atoms with Gasteiger partial charge in [0.05, 0.1) is 18.0 Å². The third-order valence-corrected chi connectivity index (χ3v) is 6.26. The van der Waals surface area contributed by atoms with Crippen molar-refractivity contribution in [2.75, 3.05) is 18.4 Å². The number of fused-ring (bicyclic) bond motifs is 1. The minimum absolute atomic E-state index is 0.0206. The molecule has 1 aliphatic carbocycles. The summed E-state index contributed by atoms with van der Waals surface area (Å²) in [5, 5.41) is 2.95. The van der Waals surface area contributed by atoms with Gasteiger partial charge >= 0.3 is 6.18 Å². The predicted molar refractivity (Wildman–Crippen MR) is 117 cm³/mol. The van der Waals surface area contributed by atoms with Crippen LogP contribution in [0, 0.1) is 18.8 Å². The molecule has 5 rings (SSSR count). The second-order valence-corrected chi connectivity index (χ2v) is 8.69. The van der Waals surface area contributed by atoms with Crippen molar-refractivity contribution < 1.29 is 18.0 Å². The molecule has 4 heterocycles. The molecule has 3 aromatic rings. The zero-order valence-corrected chi connectivity index (χ0v) is 18.3. The number of hydrogen-bond donors (Lipinski definition) is 1. The molecule has 3 atom stereocenters. The smallest absolute Gasteiger partial charge is 0.367 e. The number of likely N-dealkylation sites (tertiary alicyclic amines) is 1. The maximum Gasteiger partial charge on any atom is 0.434 e. The lowest BCUT2D eigenvalue weighted by molar-refractivity contribution is -0.141. The summed E-state index contributed by atoms with van der Waals surface area (Å²) >= 11 is 0. The van der Waals surface area contributed by atoms with Gasteiger partial charge in [0.25, 0.3) is 5.91 Å². The normalized spacial score (nSPS) is 21.6. The largest absolute Gasteiger partial charge is 0.434 e. The zero-order valence-electron chi connectivity index (χ0n) is 18.3. The third-order valence-electron chi connectivity index (χ3n) is 6.26. The molecule has 1 saturated carbocycles. The highest BCUT2D eigenvalue weighted by Crippen LogP contribution is 2.47. The lowest BCUT2D eigenvalue weighted by atomic mass is 10.00. The van der Waals surface area contributed by atoms with E-state index in [1.807, 2.05) is 6.92 Å². The van der Waals surface area contributed by atoms with Crippen LogP contribution in [0.1, 0.15) is 34.7 Å². The Kier molecular flexibility index (Phi) is 5.62. The summed E-state index contributed by atoms with van der Waals surface area (Å²) < 4.78 is 39.0. The second-order valence-electron chi connectivity index (χ2n) is 8.69. The van der Waals surface area contributed by atoms with Crippen LogP contribution in [0.15, 0.2) is 43.0 Å². The van der Waals surface area contributed by atoms with E-state index in [0.29, 0.717) is 41.7 Å². The van der Waals surface area contributed by atoms with Gasteiger partial charge in [-0.05, 0) is 49.8 Å². The van der Waals surface area contributed by atoms with Crippen LogP contribution >= 0.6 is 0 Å². The van der Waals surface area contributed by atoms with Crippen LogP contribution < -0.4 is 5.32 Å². The molecule has 0 aromatic carbocycles. The summed E-state index contributed by atoms with van der Waals surface area (Å²) in [5.74, 6) is 1.15. The first-order chi connectivity index (χ1) is 16.3. The number of anilines is 1. The SMILES string of the molecule is Cc1ccc(-c2ncccn2)c(C(=O)N2CC3CC3CC2CNc2cncc(C(F)(F)F)n2)n1. The maximum atomic E-state index is 13.7. The molecule has 0 radical (unpaired) electrons. The third kappa shape index (κ3) is 4.55. The van der Waals surface area contributed by atoms with Gasteiger partial charge in [0.1, 0.15) is 11.5 Å². The molecule has 1 saturated heterocycles. The Morgan fingerprint density at radius 2 is 1.91 bits per heavy atom. The van der Waals surface area contributed by atoms with E-state index in [1.54, 1.807) is 35.5 Å². The van der Waals surface area contributed by atoms with Gasteiger partial charge in [-0.15, -0.1) is 0 Å². The number of rotatable bonds is 5. The van der Waals surface area contributed by atoms with Gasteiger partial charge in [0.15, 0.2) is 11.5 Å². The monoisotopic (exact) mass is 469 g/mol. The second kappa shape index (κ2) is 8.62. The van der Waals surface area contributed by atoms with Crippen LogP contribution in [-0.4, -0.2) is 54.9 Å². The summed E-state index contributed by atoms with van der Waals surface area (Å²) in [4.78, 5) is 35.8. The molecule has 1 aliphatic heterocycles. The maximum absolute atomic E-state index is 13.7. The highest BCUT2D eigenvalue weighted by molar-refractivity contribution is 5.98. The Bertz CT molecular complexity index is 1200. The van der Waals surface area contributed by atoms with E-state index in [9.17, 15) is 18.0 Å². The van der Waals surface area contributed by atoms with Gasteiger partial charge in [-0.2, -0.15) is 13.2 Å². The number of halogens is 3. The van der Waals surface area contributed by atoms with Crippen molar-refractivity contribution in [3.8, 4) is 11.4 Å². The van der Waals surface area contributed by atoms with Crippen molar-refractivity contribution in [1.82, 2.24) is 29.8 Å². The van der Waals surface area contributed by atoms with E-state index in [2.05, 4.69) is 30.2 Å². The molecule has 2 aliphatic rings. The fourth-order valence-corrected chi connectivity index (χ4v) is 4.43. The number of alkyl halides is 3. The van der Waals surface area contributed by atoms with E-state index >= 15 is 0 Å². The summed E-state index contributed by atoms with van der Waals surface area (Å²) in [6.45, 7) is 2.65. The fourth-order valence-electron chi connectivity index (χ4n) is 4.43. The van der Waals surface area contributed by atoms with Crippen LogP contribution in [-0.2, 0) is 6.18 Å². The fraction of sp³-hybridized carbons (Fsp3) is 0.391. The van der Waals surface area contributed by atoms with Crippen molar-refractivity contribution in [2.24, 2.45) is 11.8 Å². The Morgan fingerprint density at radius 3 is 2.68 bits per heavy atom. The summed E-state index contributed by atoms with van der Waals surface area (Å²) in [5.41, 5.74) is 0.449. The van der Waals surface area contributed by atoms with Crippen LogP contribution in [0.2, 0.25) is 0 Å². The minimum atomic E-state index is -4.58. The molecule has 0 bridgehead atoms. The summed E-state index contributed by atoms with van der Waals surface area (Å²) in [6, 6.07) is 5.07. The number of piperidine rings is 1. The first kappa shape index (κ1) is 22.2. The summed E-state index contributed by atoms with van der Waals surface area (Å²) in [6.07, 6.45) is 2.37. The van der Waals surface area contributed by atoms with Crippen LogP contribution in [0.25, 0.3) is 11.4 Å². The molecule has 176 valence electrons. The number of carbonyl (C=O) groups excluding carboxylic acids is 1. The average Bonchev–Trinajstić information content (AvgIpc) is 3.60. The average molecular weight is 469 g/mol. The van der Waals surface area contributed by atoms with Gasteiger partial charge in [-0.1, -0.05) is 0 Å². The molecular weight excluding hydrogens is 447 g/mol. The quantitative estimate of drug-likeness (QED) is 0.610. The van der Waals surface area contributed by atoms with Gasteiger partial charge in [-0.3, -0.25) is 9.78 Å². The topological polar surface area (TPSA) is 96.8 Å². The molecule has 8 nitrogen and oxygen atoms in total. The Hall–Kier alpha value is -3.63. The van der Waals surface area contributed by atoms with E-state index in [1.165, 1.54) is 6.20 Å². The standard InChI is InChI=1S/C23H22F3N7O/c1-13-3-4-17(21-28-5-2-6-29-21)20(31-13)22(34)33-12-15-7-14(15)8-16(33)9-30-19-11-27-10-18(32-19)23(24,25)26/h2-6,10-11,14-16H,7-9,12H2,1H3,(H,30,32). The van der Waals surface area contributed by atoms with Crippen LogP contribution in [0.4, 0.5) is 19.0 Å². The molecule has 1 amide bonds. The van der Waals surface area contributed by atoms with Crippen molar-refractivity contribution in [1.29, 1.82) is 0 Å². The van der Waals surface area contributed by atoms with Crippen LogP contribution in [0.5, 0.6) is 0 Å². The zero-order chi connectivity index (χ0) is 23.9.